The van der Waals surface area contributed by atoms with Gasteiger partial charge in [0.25, 0.3) is 5.91 Å². The summed E-state index contributed by atoms with van der Waals surface area (Å²) in [6.07, 6.45) is -2.16. The van der Waals surface area contributed by atoms with Crippen molar-refractivity contribution < 1.29 is 18.0 Å². The van der Waals surface area contributed by atoms with Gasteiger partial charge in [-0.25, -0.2) is 4.99 Å². The van der Waals surface area contributed by atoms with E-state index < -0.39 is 17.8 Å². The van der Waals surface area contributed by atoms with Crippen LogP contribution in [0.4, 0.5) is 24.0 Å². The predicted octanol–water partition coefficient (Wildman–Crippen LogP) is 5.69. The number of amides is 1. The van der Waals surface area contributed by atoms with E-state index in [0.29, 0.717) is 15.0 Å². The molecule has 0 bridgehead atoms. The number of hydrogen-bond acceptors (Lipinski definition) is 7. The van der Waals surface area contributed by atoms with E-state index in [0.717, 1.165) is 6.08 Å². The molecule has 0 unspecified atom stereocenters. The first-order chi connectivity index (χ1) is 15.2. The number of carbonyl (C=O) groups excluding carboxylic acids is 1. The Bertz CT molecular complexity index is 1180. The van der Waals surface area contributed by atoms with Crippen LogP contribution in [0, 0.1) is 0 Å². The normalized spacial score (nSPS) is 12.7. The second-order valence-corrected chi connectivity index (χ2v) is 8.59. The summed E-state index contributed by atoms with van der Waals surface area (Å²) >= 11 is 8.72. The van der Waals surface area contributed by atoms with Gasteiger partial charge in [-0.15, -0.1) is 10.2 Å². The molecule has 0 radical (unpaired) electrons. The summed E-state index contributed by atoms with van der Waals surface area (Å²) in [4.78, 5) is 16.7. The predicted molar refractivity (Wildman–Crippen MR) is 122 cm³/mol. The third-order valence-corrected chi connectivity index (χ3v) is 6.09. The van der Waals surface area contributed by atoms with Crippen molar-refractivity contribution in [3.8, 4) is 0 Å². The molecule has 3 N–H and O–H groups in total. The highest BCUT2D eigenvalue weighted by Crippen LogP contribution is 2.27. The number of benzene rings is 2. The SMILES string of the molecule is CSc1nnc(NC(=O)c2ccc(C(C=C(N)C(F)(F)F)=Nc3ccccc3Cl)cc2)s1. The number of nitrogens with two attached hydrogens (primary N) is 1. The highest BCUT2D eigenvalue weighted by molar-refractivity contribution is 8.00. The minimum absolute atomic E-state index is 0.0615. The Balaban J connectivity index is 1.91. The summed E-state index contributed by atoms with van der Waals surface area (Å²) in [5.41, 5.74) is 4.70. The first-order valence-corrected chi connectivity index (χ1v) is 11.3. The smallest absolute Gasteiger partial charge is 0.395 e. The Morgan fingerprint density at radius 3 is 2.41 bits per heavy atom. The molecule has 1 heterocycles. The lowest BCUT2D eigenvalue weighted by molar-refractivity contribution is -0.0925. The number of anilines is 1. The van der Waals surface area contributed by atoms with Crippen molar-refractivity contribution in [1.29, 1.82) is 0 Å². The number of para-hydroxylation sites is 1. The molecule has 0 aliphatic rings. The van der Waals surface area contributed by atoms with E-state index in [9.17, 15) is 18.0 Å². The highest BCUT2D eigenvalue weighted by Gasteiger charge is 2.31. The van der Waals surface area contributed by atoms with E-state index >= 15 is 0 Å². The maximum absolute atomic E-state index is 13.0. The molecule has 1 aromatic heterocycles. The monoisotopic (exact) mass is 497 g/mol. The fourth-order valence-electron chi connectivity index (χ4n) is 2.39. The fraction of sp³-hybridized carbons (Fsp3) is 0.100. The van der Waals surface area contributed by atoms with E-state index in [4.69, 9.17) is 17.3 Å². The standard InChI is InChI=1S/C20H15ClF3N5OS2/c1-31-19-29-28-18(32-19)27-17(30)12-8-6-11(7-9-12)15(10-16(25)20(22,23)24)26-14-5-3-2-4-13(14)21/h2-10H,25H2,1H3,(H,27,28,30). The second-order valence-electron chi connectivity index (χ2n) is 6.15. The first-order valence-electron chi connectivity index (χ1n) is 8.84. The molecule has 12 heteroatoms. The molecule has 0 saturated heterocycles. The lowest BCUT2D eigenvalue weighted by atomic mass is 10.1. The van der Waals surface area contributed by atoms with E-state index in [1.54, 1.807) is 24.3 Å². The number of hydrogen-bond donors (Lipinski definition) is 2. The van der Waals surface area contributed by atoms with Crippen LogP contribution in [0.1, 0.15) is 15.9 Å². The third-order valence-electron chi connectivity index (χ3n) is 3.96. The van der Waals surface area contributed by atoms with Crippen LogP contribution in [0.5, 0.6) is 0 Å². The van der Waals surface area contributed by atoms with E-state index in [-0.39, 0.29) is 22.0 Å². The van der Waals surface area contributed by atoms with Crippen LogP contribution >= 0.6 is 34.7 Å². The summed E-state index contributed by atoms with van der Waals surface area (Å²) in [5, 5.41) is 11.0. The zero-order valence-corrected chi connectivity index (χ0v) is 18.7. The molecule has 1 amide bonds. The number of nitrogens with one attached hydrogen (secondary N) is 1. The summed E-state index contributed by atoms with van der Waals surface area (Å²) < 4.78 is 39.7. The largest absolute Gasteiger partial charge is 0.430 e. The quantitative estimate of drug-likeness (QED) is 0.259. The van der Waals surface area contributed by atoms with E-state index in [1.807, 2.05) is 6.26 Å². The van der Waals surface area contributed by atoms with Crippen molar-refractivity contribution in [1.82, 2.24) is 10.2 Å². The van der Waals surface area contributed by atoms with Crippen molar-refractivity contribution in [2.24, 2.45) is 10.7 Å². The van der Waals surface area contributed by atoms with Crippen LogP contribution in [0.3, 0.4) is 0 Å². The number of aromatic nitrogens is 2. The Morgan fingerprint density at radius 1 is 1.16 bits per heavy atom. The summed E-state index contributed by atoms with van der Waals surface area (Å²) in [5.74, 6) is -0.435. The lowest BCUT2D eigenvalue weighted by Crippen LogP contribution is -2.21. The number of thioether (sulfide) groups is 1. The Kier molecular flexibility index (Phi) is 7.54. The van der Waals surface area contributed by atoms with Gasteiger partial charge in [-0.1, -0.05) is 59.0 Å². The van der Waals surface area contributed by atoms with Crippen molar-refractivity contribution in [2.45, 2.75) is 10.5 Å². The molecule has 0 saturated carbocycles. The summed E-state index contributed by atoms with van der Waals surface area (Å²) in [6, 6.07) is 12.3. The van der Waals surface area contributed by atoms with Crippen LogP contribution in [0.15, 0.2) is 69.6 Å². The van der Waals surface area contributed by atoms with Gasteiger partial charge >= 0.3 is 6.18 Å². The number of aliphatic imine (C=N–C) groups is 1. The maximum atomic E-state index is 13.0. The molecule has 32 heavy (non-hydrogen) atoms. The van der Waals surface area contributed by atoms with Crippen molar-refractivity contribution in [3.63, 3.8) is 0 Å². The van der Waals surface area contributed by atoms with Gasteiger partial charge in [0.05, 0.1) is 16.4 Å². The third kappa shape index (κ3) is 6.09. The molecular formula is C20H15ClF3N5OS2. The molecule has 0 aliphatic heterocycles. The van der Waals surface area contributed by atoms with Crippen LogP contribution in [0.2, 0.25) is 5.02 Å². The van der Waals surface area contributed by atoms with Crippen molar-refractivity contribution >= 4 is 57.1 Å². The molecular weight excluding hydrogens is 483 g/mol. The Morgan fingerprint density at radius 2 is 1.81 bits per heavy atom. The maximum Gasteiger partial charge on any atom is 0.430 e. The second kappa shape index (κ2) is 10.2. The van der Waals surface area contributed by atoms with Gasteiger partial charge < -0.3 is 5.73 Å². The molecule has 6 nitrogen and oxygen atoms in total. The fourth-order valence-corrected chi connectivity index (χ4v) is 3.73. The van der Waals surface area contributed by atoms with Gasteiger partial charge in [-0.3, -0.25) is 10.1 Å². The van der Waals surface area contributed by atoms with Gasteiger partial charge in [-0.05, 0) is 36.6 Å². The van der Waals surface area contributed by atoms with Crippen molar-refractivity contribution in [2.75, 3.05) is 11.6 Å². The minimum atomic E-state index is -4.72. The molecule has 0 spiro atoms. The molecule has 0 atom stereocenters. The van der Waals surface area contributed by atoms with Gasteiger partial charge in [0, 0.05) is 11.1 Å². The summed E-state index contributed by atoms with van der Waals surface area (Å²) in [6.45, 7) is 0. The van der Waals surface area contributed by atoms with Crippen LogP contribution < -0.4 is 11.1 Å². The summed E-state index contributed by atoms with van der Waals surface area (Å²) in [7, 11) is 0. The molecule has 0 aliphatic carbocycles. The van der Waals surface area contributed by atoms with Crippen LogP contribution in [0.25, 0.3) is 0 Å². The number of halogens is 4. The van der Waals surface area contributed by atoms with Gasteiger partial charge in [0.1, 0.15) is 5.70 Å². The molecule has 3 aromatic rings. The zero-order chi connectivity index (χ0) is 23.3. The topological polar surface area (TPSA) is 93.3 Å². The van der Waals surface area contributed by atoms with Gasteiger partial charge in [0.15, 0.2) is 4.34 Å². The Labute approximate surface area is 194 Å². The van der Waals surface area contributed by atoms with Gasteiger partial charge in [-0.2, -0.15) is 13.2 Å². The highest BCUT2D eigenvalue weighted by atomic mass is 35.5. The minimum Gasteiger partial charge on any atom is -0.395 e. The number of carbonyl (C=O) groups is 1. The van der Waals surface area contributed by atoms with E-state index in [1.165, 1.54) is 47.4 Å². The molecule has 3 rings (SSSR count). The van der Waals surface area contributed by atoms with E-state index in [2.05, 4.69) is 20.5 Å². The van der Waals surface area contributed by atoms with Crippen LogP contribution in [-0.2, 0) is 0 Å². The number of alkyl halides is 3. The average molecular weight is 498 g/mol. The molecule has 0 fully saturated rings. The molecule has 166 valence electrons. The number of allylic oxidation sites excluding steroid dienone is 2. The lowest BCUT2D eigenvalue weighted by Gasteiger charge is -2.09. The first kappa shape index (κ1) is 23.8. The van der Waals surface area contributed by atoms with Crippen molar-refractivity contribution in [3.05, 3.63) is 76.5 Å². The average Bonchev–Trinajstić information content (AvgIpc) is 3.21. The zero-order valence-electron chi connectivity index (χ0n) is 16.4. The van der Waals surface area contributed by atoms with Gasteiger partial charge in [0.2, 0.25) is 5.13 Å². The Hall–Kier alpha value is -2.89. The molecule has 2 aromatic carbocycles. The van der Waals surface area contributed by atoms with Crippen LogP contribution in [-0.4, -0.2) is 34.2 Å². The number of rotatable bonds is 6. The number of nitrogens with zero attached hydrogens (tertiary/aromatic N) is 3.